The molecule has 9 heteroatoms. The first kappa shape index (κ1) is 18.7. The van der Waals surface area contributed by atoms with E-state index in [0.717, 1.165) is 15.7 Å². The molecule has 0 saturated heterocycles. The van der Waals surface area contributed by atoms with E-state index in [4.69, 9.17) is 16.0 Å². The number of rotatable bonds is 5. The van der Waals surface area contributed by atoms with E-state index in [1.54, 1.807) is 0 Å². The molecule has 0 aliphatic heterocycles. The first-order valence-corrected chi connectivity index (χ1v) is 9.09. The van der Waals surface area contributed by atoms with Crippen LogP contribution >= 0.6 is 11.6 Å². The predicted molar refractivity (Wildman–Crippen MR) is 110 cm³/mol. The van der Waals surface area contributed by atoms with Crippen LogP contribution in [-0.4, -0.2) is 14.7 Å². The van der Waals surface area contributed by atoms with Gasteiger partial charge in [0.1, 0.15) is 16.4 Å². The van der Waals surface area contributed by atoms with Gasteiger partial charge in [-0.05, 0) is 31.2 Å². The van der Waals surface area contributed by atoms with Crippen LogP contribution in [0.25, 0.3) is 16.7 Å². The van der Waals surface area contributed by atoms with Crippen molar-refractivity contribution in [2.45, 2.75) is 13.0 Å². The average Bonchev–Trinajstić information content (AvgIpc) is 3.16. The molecule has 0 radical (unpaired) electrons. The van der Waals surface area contributed by atoms with E-state index in [-0.39, 0.29) is 16.8 Å². The number of non-ortho nitro benzene ring substituents is 1. The molecule has 0 spiro atoms. The van der Waals surface area contributed by atoms with E-state index in [1.807, 2.05) is 37.3 Å². The van der Waals surface area contributed by atoms with E-state index in [1.165, 1.54) is 30.5 Å². The zero-order valence-corrected chi connectivity index (χ0v) is 16.0. The molecule has 1 N–H and O–H groups in total. The predicted octanol–water partition coefficient (Wildman–Crippen LogP) is 4.71. The minimum atomic E-state index is -0.540. The van der Waals surface area contributed by atoms with Gasteiger partial charge in [0.15, 0.2) is 0 Å². The minimum absolute atomic E-state index is 0.0405. The number of fused-ring (bicyclic) bond motifs is 1. The summed E-state index contributed by atoms with van der Waals surface area (Å²) in [4.78, 5) is 22.9. The maximum Gasteiger partial charge on any atom is 0.292 e. The Labute approximate surface area is 169 Å². The lowest BCUT2D eigenvalue weighted by atomic mass is 10.2. The summed E-state index contributed by atoms with van der Waals surface area (Å²) in [6.45, 7) is 1.88. The van der Waals surface area contributed by atoms with E-state index >= 15 is 0 Å². The summed E-state index contributed by atoms with van der Waals surface area (Å²) in [5, 5.41) is 19.0. The van der Waals surface area contributed by atoms with Crippen LogP contribution in [-0.2, 0) is 0 Å². The van der Waals surface area contributed by atoms with Crippen molar-refractivity contribution in [2.75, 3.05) is 5.32 Å². The lowest BCUT2D eigenvalue weighted by Gasteiger charge is -2.14. The Balaban J connectivity index is 1.61. The summed E-state index contributed by atoms with van der Waals surface area (Å²) in [6.07, 6.45) is 1.43. The number of nitrogens with one attached hydrogen (secondary N) is 1. The molecule has 4 aromatic rings. The number of benzene rings is 2. The van der Waals surface area contributed by atoms with E-state index < -0.39 is 10.5 Å². The van der Waals surface area contributed by atoms with Gasteiger partial charge in [-0.15, -0.1) is 0 Å². The van der Waals surface area contributed by atoms with Crippen molar-refractivity contribution >= 4 is 33.9 Å². The first-order chi connectivity index (χ1) is 13.9. The molecule has 1 atom stereocenters. The third-order valence-corrected chi connectivity index (χ3v) is 4.83. The highest BCUT2D eigenvalue weighted by Crippen LogP contribution is 2.28. The van der Waals surface area contributed by atoms with E-state index in [0.29, 0.717) is 17.1 Å². The molecule has 2 heterocycles. The monoisotopic (exact) mass is 410 g/mol. The van der Waals surface area contributed by atoms with E-state index in [2.05, 4.69) is 10.4 Å². The summed E-state index contributed by atoms with van der Waals surface area (Å²) in [7, 11) is 0. The molecule has 8 nitrogen and oxygen atoms in total. The minimum Gasteiger partial charge on any atom is -0.459 e. The highest BCUT2D eigenvalue weighted by molar-refractivity contribution is 6.33. The second-order valence-electron chi connectivity index (χ2n) is 6.42. The molecule has 0 unspecified atom stereocenters. The Bertz CT molecular complexity index is 1230. The standard InChI is InChI=1S/C20H15ClN4O4/c1-12(18-10-13-4-2-3-5-17(13)29-18)23-16-11-22-24(20(26)19(16)21)14-6-8-15(9-7-14)25(27)28/h2-12,23H,1H3/t12-/m1/s1. The maximum atomic E-state index is 12.6. The van der Waals surface area contributed by atoms with Gasteiger partial charge in [-0.1, -0.05) is 29.8 Å². The van der Waals surface area contributed by atoms with Crippen LogP contribution < -0.4 is 10.9 Å². The van der Waals surface area contributed by atoms with Crippen molar-refractivity contribution in [3.05, 3.63) is 92.0 Å². The number of hydrogen-bond donors (Lipinski definition) is 1. The van der Waals surface area contributed by atoms with Crippen LogP contribution in [0.5, 0.6) is 0 Å². The largest absolute Gasteiger partial charge is 0.459 e. The van der Waals surface area contributed by atoms with Crippen molar-refractivity contribution in [1.29, 1.82) is 0 Å². The number of nitro groups is 1. The second-order valence-corrected chi connectivity index (χ2v) is 6.79. The molecule has 2 aromatic carbocycles. The maximum absolute atomic E-state index is 12.6. The molecule has 0 aliphatic rings. The molecule has 4 rings (SSSR count). The van der Waals surface area contributed by atoms with Crippen molar-refractivity contribution < 1.29 is 9.34 Å². The van der Waals surface area contributed by atoms with Gasteiger partial charge in [-0.25, -0.2) is 0 Å². The van der Waals surface area contributed by atoms with Crippen LogP contribution in [0.3, 0.4) is 0 Å². The topological polar surface area (TPSA) is 103 Å². The fourth-order valence-electron chi connectivity index (χ4n) is 2.95. The molecular formula is C20H15ClN4O4. The smallest absolute Gasteiger partial charge is 0.292 e. The average molecular weight is 411 g/mol. The lowest BCUT2D eigenvalue weighted by Crippen LogP contribution is -2.23. The normalized spacial score (nSPS) is 12.1. The van der Waals surface area contributed by atoms with Crippen LogP contribution in [0.15, 0.2) is 70.0 Å². The Morgan fingerprint density at radius 2 is 1.93 bits per heavy atom. The van der Waals surface area contributed by atoms with E-state index in [9.17, 15) is 14.9 Å². The van der Waals surface area contributed by atoms with Crippen molar-refractivity contribution in [3.8, 4) is 5.69 Å². The van der Waals surface area contributed by atoms with Crippen LogP contribution in [0.2, 0.25) is 5.02 Å². The van der Waals surface area contributed by atoms with Gasteiger partial charge in [0.05, 0.1) is 28.5 Å². The summed E-state index contributed by atoms with van der Waals surface area (Å²) < 4.78 is 6.92. The molecule has 146 valence electrons. The van der Waals surface area contributed by atoms with Gasteiger partial charge in [-0.3, -0.25) is 14.9 Å². The number of hydrogen-bond acceptors (Lipinski definition) is 6. The Kier molecular flexibility index (Phi) is 4.77. The summed E-state index contributed by atoms with van der Waals surface area (Å²) in [5.74, 6) is 0.696. The number of anilines is 1. The summed E-state index contributed by atoms with van der Waals surface area (Å²) in [5.41, 5.74) is 0.893. The summed E-state index contributed by atoms with van der Waals surface area (Å²) >= 11 is 6.27. The number of nitro benzene ring substituents is 1. The third-order valence-electron chi connectivity index (χ3n) is 4.47. The van der Waals surface area contributed by atoms with Crippen LogP contribution in [0.1, 0.15) is 18.7 Å². The molecule has 0 amide bonds. The molecule has 0 bridgehead atoms. The first-order valence-electron chi connectivity index (χ1n) is 8.71. The summed E-state index contributed by atoms with van der Waals surface area (Å²) in [6, 6.07) is 14.8. The van der Waals surface area contributed by atoms with Gasteiger partial charge in [-0.2, -0.15) is 9.78 Å². The number of para-hydroxylation sites is 1. The Hall–Kier alpha value is -3.65. The van der Waals surface area contributed by atoms with Gasteiger partial charge >= 0.3 is 0 Å². The number of nitrogens with zero attached hydrogens (tertiary/aromatic N) is 3. The molecule has 0 fully saturated rings. The Morgan fingerprint density at radius 3 is 2.62 bits per heavy atom. The number of aromatic nitrogens is 2. The molecular weight excluding hydrogens is 396 g/mol. The molecule has 0 saturated carbocycles. The number of furan rings is 1. The van der Waals surface area contributed by atoms with Crippen molar-refractivity contribution in [3.63, 3.8) is 0 Å². The van der Waals surface area contributed by atoms with Gasteiger partial charge in [0, 0.05) is 17.5 Å². The zero-order chi connectivity index (χ0) is 20.5. The van der Waals surface area contributed by atoms with Gasteiger partial charge < -0.3 is 9.73 Å². The van der Waals surface area contributed by atoms with Crippen molar-refractivity contribution in [1.82, 2.24) is 9.78 Å². The van der Waals surface area contributed by atoms with Crippen molar-refractivity contribution in [2.24, 2.45) is 0 Å². The SMILES string of the molecule is C[C@@H](Nc1cnn(-c2ccc([N+](=O)[O-])cc2)c(=O)c1Cl)c1cc2ccccc2o1. The molecule has 2 aromatic heterocycles. The van der Waals surface area contributed by atoms with Crippen LogP contribution in [0, 0.1) is 10.1 Å². The fraction of sp³-hybridized carbons (Fsp3) is 0.100. The van der Waals surface area contributed by atoms with Gasteiger partial charge in [0.25, 0.3) is 11.2 Å². The highest BCUT2D eigenvalue weighted by Gasteiger charge is 2.16. The molecule has 29 heavy (non-hydrogen) atoms. The van der Waals surface area contributed by atoms with Gasteiger partial charge in [0.2, 0.25) is 0 Å². The highest BCUT2D eigenvalue weighted by atomic mass is 35.5. The van der Waals surface area contributed by atoms with Crippen LogP contribution in [0.4, 0.5) is 11.4 Å². The second kappa shape index (κ2) is 7.40. The Morgan fingerprint density at radius 1 is 1.21 bits per heavy atom. The zero-order valence-electron chi connectivity index (χ0n) is 15.2. The molecule has 0 aliphatic carbocycles. The third kappa shape index (κ3) is 3.57. The lowest BCUT2D eigenvalue weighted by molar-refractivity contribution is -0.384. The number of halogens is 1. The fourth-order valence-corrected chi connectivity index (χ4v) is 3.14. The quantitative estimate of drug-likeness (QED) is 0.377.